The predicted octanol–water partition coefficient (Wildman–Crippen LogP) is 2.60. The van der Waals surface area contributed by atoms with Gasteiger partial charge in [0.1, 0.15) is 0 Å². The molecule has 2 aliphatic heterocycles. The normalized spacial score (nSPS) is 28.1. The highest BCUT2D eigenvalue weighted by molar-refractivity contribution is 6.07. The zero-order valence-electron chi connectivity index (χ0n) is 19.5. The average molecular weight is 462 g/mol. The molecule has 2 fully saturated rings. The predicted molar refractivity (Wildman–Crippen MR) is 128 cm³/mol. The number of nitrogens with two attached hydrogens (primary N) is 1. The van der Waals surface area contributed by atoms with Gasteiger partial charge in [-0.1, -0.05) is 26.2 Å². The second kappa shape index (κ2) is 10.7. The maximum atomic E-state index is 14.2. The molecule has 1 saturated carbocycles. The lowest BCUT2D eigenvalue weighted by Gasteiger charge is -2.37. The molecule has 9 nitrogen and oxygen atoms in total. The fourth-order valence-electron chi connectivity index (χ4n) is 4.70. The summed E-state index contributed by atoms with van der Waals surface area (Å²) in [6, 6.07) is 5.02. The van der Waals surface area contributed by atoms with E-state index in [4.69, 9.17) is 20.2 Å². The molecule has 3 unspecified atom stereocenters. The first-order valence-corrected chi connectivity index (χ1v) is 12.0. The second-order valence-corrected chi connectivity index (χ2v) is 8.92. The minimum absolute atomic E-state index is 0.0255. The summed E-state index contributed by atoms with van der Waals surface area (Å²) >= 11 is 0. The van der Waals surface area contributed by atoms with Crippen LogP contribution in [-0.2, 0) is 4.74 Å². The van der Waals surface area contributed by atoms with E-state index < -0.39 is 11.8 Å². The van der Waals surface area contributed by atoms with Gasteiger partial charge in [0, 0.05) is 17.8 Å². The van der Waals surface area contributed by atoms with Crippen molar-refractivity contribution in [3.63, 3.8) is 0 Å². The molecule has 1 aliphatic carbocycles. The molecule has 182 valence electrons. The smallest absolute Gasteiger partial charge is 0.303 e. The van der Waals surface area contributed by atoms with Crippen LogP contribution >= 0.6 is 0 Å². The van der Waals surface area contributed by atoms with Crippen LogP contribution in [0.4, 0.5) is 10.1 Å². The van der Waals surface area contributed by atoms with E-state index in [0.717, 1.165) is 51.5 Å². The third-order valence-electron chi connectivity index (χ3n) is 6.40. The minimum Gasteiger partial charge on any atom is -0.494 e. The molecule has 6 N–H and O–H groups in total. The molecule has 3 atom stereocenters. The van der Waals surface area contributed by atoms with Crippen LogP contribution in [0, 0.1) is 5.82 Å². The van der Waals surface area contributed by atoms with E-state index in [1.165, 1.54) is 19.6 Å². The maximum Gasteiger partial charge on any atom is 0.303 e. The van der Waals surface area contributed by atoms with Crippen molar-refractivity contribution in [2.45, 2.75) is 82.5 Å². The van der Waals surface area contributed by atoms with Crippen molar-refractivity contribution in [3.8, 4) is 5.75 Å². The monoisotopic (exact) mass is 461 g/mol. The third-order valence-corrected chi connectivity index (χ3v) is 6.40. The van der Waals surface area contributed by atoms with Crippen molar-refractivity contribution in [2.24, 2.45) is 15.7 Å². The van der Waals surface area contributed by atoms with Crippen molar-refractivity contribution in [3.05, 3.63) is 24.0 Å². The van der Waals surface area contributed by atoms with Gasteiger partial charge in [-0.05, 0) is 50.8 Å². The van der Waals surface area contributed by atoms with Crippen LogP contribution in [0.3, 0.4) is 0 Å². The number of nitrogens with one attached hydrogen (secondary N) is 4. The van der Waals surface area contributed by atoms with Gasteiger partial charge in [-0.2, -0.15) is 4.99 Å². The van der Waals surface area contributed by atoms with Crippen LogP contribution in [0.2, 0.25) is 0 Å². The summed E-state index contributed by atoms with van der Waals surface area (Å²) in [6.07, 6.45) is 8.49. The Hall–Kier alpha value is -2.43. The van der Waals surface area contributed by atoms with Gasteiger partial charge in [0.05, 0.1) is 19.3 Å². The molecule has 0 aromatic heterocycles. The lowest BCUT2D eigenvalue weighted by atomic mass is 9.98. The average Bonchev–Trinajstić information content (AvgIpc) is 3.32. The molecule has 1 aromatic rings. The highest BCUT2D eigenvalue weighted by atomic mass is 19.1. The topological polar surface area (TPSA) is 117 Å². The molecule has 1 aromatic carbocycles. The standard InChI is InChI=1S/C23H36FN7O2/c1-3-18(19-10-7-13-26-19)28-22-29-21(27-15-11-12-20(32-2)17(24)14-15)30-23(25,31-22)33-16-8-5-4-6-9-16/h11-12,14,16,18-19,26H,3-10,13,25H2,1-2H3,(H3,27,28,29,30,31). The van der Waals surface area contributed by atoms with Crippen molar-refractivity contribution >= 4 is 17.6 Å². The first kappa shape index (κ1) is 23.7. The molecule has 10 heteroatoms. The maximum absolute atomic E-state index is 14.2. The number of hydrogen-bond acceptors (Lipinski definition) is 7. The Morgan fingerprint density at radius 1 is 1.27 bits per heavy atom. The molecular formula is C23H36FN7O2. The number of guanidine groups is 2. The van der Waals surface area contributed by atoms with Gasteiger partial charge >= 0.3 is 5.97 Å². The summed E-state index contributed by atoms with van der Waals surface area (Å²) < 4.78 is 25.4. The summed E-state index contributed by atoms with van der Waals surface area (Å²) in [4.78, 5) is 9.46. The van der Waals surface area contributed by atoms with Gasteiger partial charge in [0.25, 0.3) is 0 Å². The number of rotatable bonds is 7. The largest absolute Gasteiger partial charge is 0.494 e. The van der Waals surface area contributed by atoms with Crippen LogP contribution in [0.1, 0.15) is 58.3 Å². The lowest BCUT2D eigenvalue weighted by molar-refractivity contribution is -0.108. The highest BCUT2D eigenvalue weighted by Gasteiger charge is 2.36. The first-order valence-electron chi connectivity index (χ1n) is 12.0. The first-order chi connectivity index (χ1) is 16.0. The number of methoxy groups -OCH3 is 1. The van der Waals surface area contributed by atoms with Crippen molar-refractivity contribution in [1.29, 1.82) is 0 Å². The van der Waals surface area contributed by atoms with Gasteiger partial charge in [-0.25, -0.2) is 9.38 Å². The molecule has 4 rings (SSSR count). The van der Waals surface area contributed by atoms with E-state index in [2.05, 4.69) is 33.2 Å². The number of aliphatic imine (C=N–C) groups is 2. The minimum atomic E-state index is -1.47. The zero-order valence-corrected chi connectivity index (χ0v) is 19.5. The molecule has 0 radical (unpaired) electrons. The summed E-state index contributed by atoms with van der Waals surface area (Å²) in [5.41, 5.74) is 7.08. The Kier molecular flexibility index (Phi) is 7.67. The number of benzene rings is 1. The number of halogens is 1. The van der Waals surface area contributed by atoms with E-state index in [1.54, 1.807) is 12.1 Å². The number of nitrogens with zero attached hydrogens (tertiary/aromatic N) is 2. The molecule has 2 heterocycles. The number of ether oxygens (including phenoxy) is 2. The SMILES string of the molecule is CCC(N=C1NC(Nc2ccc(OC)c(F)c2)=NC(N)(OC2CCCCC2)N1)C1CCCN1. The third kappa shape index (κ3) is 6.13. The van der Waals surface area contributed by atoms with Crippen molar-refractivity contribution < 1.29 is 13.9 Å². The molecule has 0 bridgehead atoms. The summed E-state index contributed by atoms with van der Waals surface area (Å²) in [5.74, 6) is -0.945. The van der Waals surface area contributed by atoms with Crippen LogP contribution in [0.5, 0.6) is 5.75 Å². The van der Waals surface area contributed by atoms with Gasteiger partial charge in [0.15, 0.2) is 11.6 Å². The van der Waals surface area contributed by atoms with Crippen molar-refractivity contribution in [2.75, 3.05) is 19.0 Å². The van der Waals surface area contributed by atoms with Gasteiger partial charge < -0.3 is 20.1 Å². The van der Waals surface area contributed by atoms with Gasteiger partial charge in [-0.3, -0.25) is 16.4 Å². The molecule has 0 amide bonds. The Morgan fingerprint density at radius 2 is 2.09 bits per heavy atom. The van der Waals surface area contributed by atoms with Crippen molar-refractivity contribution in [1.82, 2.24) is 16.0 Å². The van der Waals surface area contributed by atoms with E-state index in [9.17, 15) is 4.39 Å². The van der Waals surface area contributed by atoms with Gasteiger partial charge in [-0.15, -0.1) is 0 Å². The van der Waals surface area contributed by atoms with Crippen LogP contribution in [0.25, 0.3) is 0 Å². The molecular weight excluding hydrogens is 425 g/mol. The Morgan fingerprint density at radius 3 is 2.76 bits per heavy atom. The lowest BCUT2D eigenvalue weighted by Crippen LogP contribution is -2.66. The number of anilines is 1. The summed E-state index contributed by atoms with van der Waals surface area (Å²) in [5, 5.41) is 13.0. The van der Waals surface area contributed by atoms with E-state index in [-0.39, 0.29) is 17.9 Å². The Bertz CT molecular complexity index is 868. The molecule has 3 aliphatic rings. The molecule has 1 saturated heterocycles. The summed E-state index contributed by atoms with van der Waals surface area (Å²) in [6.45, 7) is 3.13. The van der Waals surface area contributed by atoms with Crippen LogP contribution in [0.15, 0.2) is 28.2 Å². The highest BCUT2D eigenvalue weighted by Crippen LogP contribution is 2.25. The Balaban J connectivity index is 1.57. The molecule has 0 spiro atoms. The van der Waals surface area contributed by atoms with Gasteiger partial charge in [0.2, 0.25) is 11.9 Å². The number of hydrogen-bond donors (Lipinski definition) is 5. The van der Waals surface area contributed by atoms with Crippen LogP contribution in [-0.4, -0.2) is 49.7 Å². The Labute approximate surface area is 194 Å². The van der Waals surface area contributed by atoms with E-state index in [0.29, 0.717) is 23.6 Å². The summed E-state index contributed by atoms with van der Waals surface area (Å²) in [7, 11) is 1.43. The fourth-order valence-corrected chi connectivity index (χ4v) is 4.70. The second-order valence-electron chi connectivity index (χ2n) is 8.92. The molecule has 33 heavy (non-hydrogen) atoms. The fraction of sp³-hybridized carbons (Fsp3) is 0.652. The zero-order chi connectivity index (χ0) is 23.3. The van der Waals surface area contributed by atoms with Crippen LogP contribution < -0.4 is 31.7 Å². The van der Waals surface area contributed by atoms with E-state index >= 15 is 0 Å². The van der Waals surface area contributed by atoms with E-state index in [1.807, 2.05) is 0 Å². The quantitative estimate of drug-likeness (QED) is 0.396.